The Morgan fingerprint density at radius 1 is 1.09 bits per heavy atom. The lowest BCUT2D eigenvalue weighted by Crippen LogP contribution is -2.44. The van der Waals surface area contributed by atoms with Crippen molar-refractivity contribution in [2.24, 2.45) is 0 Å². The Morgan fingerprint density at radius 2 is 1.74 bits per heavy atom. The molecule has 1 aromatic carbocycles. The maximum atomic E-state index is 12.3. The zero-order valence-corrected chi connectivity index (χ0v) is 14.7. The number of carbonyl (C=O) groups excluding carboxylic acids is 1. The normalized spacial score (nSPS) is 15.7. The molecule has 5 heteroatoms. The third-order valence-corrected chi connectivity index (χ3v) is 5.53. The fourth-order valence-corrected chi connectivity index (χ4v) is 3.63. The highest BCUT2D eigenvalue weighted by atomic mass is 32.1. The summed E-state index contributed by atoms with van der Waals surface area (Å²) in [7, 11) is 2.16. The SMILES string of the molecule is Cc1cc(C(=O)Nc2ccc(N3CCN(C)CC3)cc2)sc1C. The van der Waals surface area contributed by atoms with Crippen LogP contribution in [-0.2, 0) is 0 Å². The molecule has 1 aromatic heterocycles. The van der Waals surface area contributed by atoms with Crippen LogP contribution in [0.5, 0.6) is 0 Å². The Labute approximate surface area is 141 Å². The molecule has 1 aliphatic rings. The molecular formula is C18H23N3OS. The maximum Gasteiger partial charge on any atom is 0.265 e. The second kappa shape index (κ2) is 6.72. The Hall–Kier alpha value is -1.85. The third-order valence-electron chi connectivity index (χ3n) is 4.38. The van der Waals surface area contributed by atoms with Gasteiger partial charge in [0.15, 0.2) is 0 Å². The van der Waals surface area contributed by atoms with E-state index in [0.717, 1.165) is 36.7 Å². The van der Waals surface area contributed by atoms with Crippen molar-refractivity contribution in [3.8, 4) is 0 Å². The van der Waals surface area contributed by atoms with Crippen LogP contribution in [0.4, 0.5) is 11.4 Å². The van der Waals surface area contributed by atoms with Gasteiger partial charge in [0.25, 0.3) is 5.91 Å². The first-order valence-electron chi connectivity index (χ1n) is 7.95. The van der Waals surface area contributed by atoms with Gasteiger partial charge in [0.2, 0.25) is 0 Å². The van der Waals surface area contributed by atoms with Crippen molar-refractivity contribution in [2.75, 3.05) is 43.4 Å². The first-order chi connectivity index (χ1) is 11.0. The van der Waals surface area contributed by atoms with Crippen molar-refractivity contribution in [3.05, 3.63) is 45.6 Å². The molecule has 0 spiro atoms. The number of carbonyl (C=O) groups is 1. The lowest BCUT2D eigenvalue weighted by molar-refractivity contribution is 0.103. The van der Waals surface area contributed by atoms with Crippen LogP contribution in [0, 0.1) is 13.8 Å². The first-order valence-corrected chi connectivity index (χ1v) is 8.76. The highest BCUT2D eigenvalue weighted by Crippen LogP contribution is 2.23. The highest BCUT2D eigenvalue weighted by Gasteiger charge is 2.15. The van der Waals surface area contributed by atoms with E-state index in [9.17, 15) is 4.79 Å². The zero-order valence-electron chi connectivity index (χ0n) is 13.9. The number of piperazine rings is 1. The monoisotopic (exact) mass is 329 g/mol. The van der Waals surface area contributed by atoms with E-state index < -0.39 is 0 Å². The molecule has 2 aromatic rings. The molecule has 1 amide bonds. The number of likely N-dealkylation sites (N-methyl/N-ethyl adjacent to an activating group) is 1. The summed E-state index contributed by atoms with van der Waals surface area (Å²) in [5, 5.41) is 2.98. The van der Waals surface area contributed by atoms with E-state index >= 15 is 0 Å². The van der Waals surface area contributed by atoms with Crippen LogP contribution < -0.4 is 10.2 Å². The van der Waals surface area contributed by atoms with Gasteiger partial charge in [-0.15, -0.1) is 11.3 Å². The minimum Gasteiger partial charge on any atom is -0.369 e. The summed E-state index contributed by atoms with van der Waals surface area (Å²) < 4.78 is 0. The van der Waals surface area contributed by atoms with Crippen molar-refractivity contribution in [2.45, 2.75) is 13.8 Å². The fraction of sp³-hybridized carbons (Fsp3) is 0.389. The number of rotatable bonds is 3. The Bertz CT molecular complexity index is 665. The average Bonchev–Trinajstić information content (AvgIpc) is 2.88. The number of thiophene rings is 1. The van der Waals surface area contributed by atoms with Gasteiger partial charge in [0.05, 0.1) is 4.88 Å². The van der Waals surface area contributed by atoms with Crippen LogP contribution in [-0.4, -0.2) is 44.0 Å². The van der Waals surface area contributed by atoms with Crippen LogP contribution in [0.25, 0.3) is 0 Å². The third kappa shape index (κ3) is 3.74. The number of benzene rings is 1. The molecule has 0 radical (unpaired) electrons. The van der Waals surface area contributed by atoms with Gasteiger partial charge in [-0.1, -0.05) is 0 Å². The number of anilines is 2. The summed E-state index contributed by atoms with van der Waals surface area (Å²) >= 11 is 1.54. The van der Waals surface area contributed by atoms with E-state index in [2.05, 4.69) is 34.3 Å². The molecule has 23 heavy (non-hydrogen) atoms. The minimum absolute atomic E-state index is 0.0291. The van der Waals surface area contributed by atoms with Crippen LogP contribution in [0.1, 0.15) is 20.1 Å². The number of aryl methyl sites for hydroxylation is 2. The molecule has 122 valence electrons. The smallest absolute Gasteiger partial charge is 0.265 e. The maximum absolute atomic E-state index is 12.3. The van der Waals surface area contributed by atoms with E-state index in [1.54, 1.807) is 11.3 Å². The summed E-state index contributed by atoms with van der Waals surface area (Å²) in [6.45, 7) is 8.37. The zero-order chi connectivity index (χ0) is 16.4. The summed E-state index contributed by atoms with van der Waals surface area (Å²) in [5.74, 6) is -0.0291. The van der Waals surface area contributed by atoms with Crippen molar-refractivity contribution in [1.82, 2.24) is 4.90 Å². The summed E-state index contributed by atoms with van der Waals surface area (Å²) in [5.41, 5.74) is 3.24. The number of hydrogen-bond acceptors (Lipinski definition) is 4. The van der Waals surface area contributed by atoms with Gasteiger partial charge in [-0.3, -0.25) is 4.79 Å². The number of amides is 1. The number of nitrogens with one attached hydrogen (secondary N) is 1. The molecule has 4 nitrogen and oxygen atoms in total. The average molecular weight is 329 g/mol. The molecule has 1 fully saturated rings. The Morgan fingerprint density at radius 3 is 2.30 bits per heavy atom. The van der Waals surface area contributed by atoms with Gasteiger partial charge in [-0.2, -0.15) is 0 Å². The molecule has 1 saturated heterocycles. The van der Waals surface area contributed by atoms with Crippen molar-refractivity contribution >= 4 is 28.6 Å². The summed E-state index contributed by atoms with van der Waals surface area (Å²) in [4.78, 5) is 19.0. The largest absolute Gasteiger partial charge is 0.369 e. The van der Waals surface area contributed by atoms with Gasteiger partial charge in [-0.05, 0) is 56.8 Å². The highest BCUT2D eigenvalue weighted by molar-refractivity contribution is 7.14. The van der Waals surface area contributed by atoms with Crippen molar-refractivity contribution < 1.29 is 4.79 Å². The molecule has 0 unspecified atom stereocenters. The van der Waals surface area contributed by atoms with E-state index in [1.807, 2.05) is 32.0 Å². The van der Waals surface area contributed by atoms with Gasteiger partial charge in [-0.25, -0.2) is 0 Å². The molecule has 1 aliphatic heterocycles. The molecule has 0 aliphatic carbocycles. The molecule has 3 rings (SSSR count). The predicted octanol–water partition coefficient (Wildman–Crippen LogP) is 3.37. The van der Waals surface area contributed by atoms with Crippen molar-refractivity contribution in [1.29, 1.82) is 0 Å². The first kappa shape index (κ1) is 16.0. The van der Waals surface area contributed by atoms with E-state index in [-0.39, 0.29) is 5.91 Å². The molecule has 2 heterocycles. The lowest BCUT2D eigenvalue weighted by Gasteiger charge is -2.34. The molecular weight excluding hydrogens is 306 g/mol. The van der Waals surface area contributed by atoms with Crippen LogP contribution in [0.15, 0.2) is 30.3 Å². The number of hydrogen-bond donors (Lipinski definition) is 1. The van der Waals surface area contributed by atoms with Gasteiger partial charge < -0.3 is 15.1 Å². The van der Waals surface area contributed by atoms with Crippen LogP contribution in [0.3, 0.4) is 0 Å². The second-order valence-electron chi connectivity index (χ2n) is 6.14. The Kier molecular flexibility index (Phi) is 4.68. The minimum atomic E-state index is -0.0291. The summed E-state index contributed by atoms with van der Waals surface area (Å²) in [6.07, 6.45) is 0. The molecule has 0 atom stereocenters. The Balaban J connectivity index is 1.64. The van der Waals surface area contributed by atoms with Gasteiger partial charge >= 0.3 is 0 Å². The van der Waals surface area contributed by atoms with Crippen molar-refractivity contribution in [3.63, 3.8) is 0 Å². The van der Waals surface area contributed by atoms with E-state index in [0.29, 0.717) is 0 Å². The molecule has 1 N–H and O–H groups in total. The van der Waals surface area contributed by atoms with E-state index in [4.69, 9.17) is 0 Å². The van der Waals surface area contributed by atoms with Gasteiger partial charge in [0, 0.05) is 42.4 Å². The molecule has 0 bridgehead atoms. The topological polar surface area (TPSA) is 35.6 Å². The van der Waals surface area contributed by atoms with Crippen LogP contribution >= 0.6 is 11.3 Å². The lowest BCUT2D eigenvalue weighted by atomic mass is 10.2. The quantitative estimate of drug-likeness (QED) is 0.938. The van der Waals surface area contributed by atoms with Crippen LogP contribution in [0.2, 0.25) is 0 Å². The standard InChI is InChI=1S/C18H23N3OS/c1-13-12-17(23-14(13)2)18(22)19-15-4-6-16(7-5-15)21-10-8-20(3)9-11-21/h4-7,12H,8-11H2,1-3H3,(H,19,22). The number of nitrogens with zero attached hydrogens (tertiary/aromatic N) is 2. The van der Waals surface area contributed by atoms with Gasteiger partial charge in [0.1, 0.15) is 0 Å². The predicted molar refractivity (Wildman–Crippen MR) is 97.9 cm³/mol. The van der Waals surface area contributed by atoms with E-state index in [1.165, 1.54) is 16.1 Å². The second-order valence-corrected chi connectivity index (χ2v) is 7.40. The summed E-state index contributed by atoms with van der Waals surface area (Å²) in [6, 6.07) is 10.1. The molecule has 0 saturated carbocycles. The fourth-order valence-electron chi connectivity index (χ4n) is 2.70.